The van der Waals surface area contributed by atoms with E-state index in [1.807, 2.05) is 0 Å². The standard InChI is InChI=1S/C11H18/c1-4-6-7-8-10-11(3)9-5-2/h2H,3-4,6-10H2,1H3. The predicted octanol–water partition coefficient (Wildman–Crippen LogP) is 3.54. The smallest absolute Gasteiger partial charge is 0.0293 e. The number of unbranched alkanes of at least 4 members (excludes halogenated alkanes) is 3. The molecule has 0 heteroatoms. The summed E-state index contributed by atoms with van der Waals surface area (Å²) in [5.74, 6) is 2.61. The minimum Gasteiger partial charge on any atom is -0.120 e. The fourth-order valence-corrected chi connectivity index (χ4v) is 1.03. The zero-order valence-corrected chi connectivity index (χ0v) is 7.53. The van der Waals surface area contributed by atoms with E-state index in [2.05, 4.69) is 19.4 Å². The normalized spacial score (nSPS) is 9.09. The minimum absolute atomic E-state index is 0.756. The first-order valence-corrected chi connectivity index (χ1v) is 4.41. The van der Waals surface area contributed by atoms with Gasteiger partial charge >= 0.3 is 0 Å². The molecule has 0 nitrogen and oxygen atoms in total. The monoisotopic (exact) mass is 150 g/mol. The molecule has 0 spiro atoms. The fourth-order valence-electron chi connectivity index (χ4n) is 1.03. The molecule has 0 aliphatic carbocycles. The molecule has 0 aromatic heterocycles. The maximum atomic E-state index is 5.15. The summed E-state index contributed by atoms with van der Waals surface area (Å²) in [6, 6.07) is 0. The average molecular weight is 150 g/mol. The lowest BCUT2D eigenvalue weighted by atomic mass is 10.1. The van der Waals surface area contributed by atoms with Crippen LogP contribution in [0.4, 0.5) is 0 Å². The summed E-state index contributed by atoms with van der Waals surface area (Å²) >= 11 is 0. The largest absolute Gasteiger partial charge is 0.120 e. The third kappa shape index (κ3) is 7.19. The number of terminal acetylenes is 1. The summed E-state index contributed by atoms with van der Waals surface area (Å²) in [6.45, 7) is 6.12. The highest BCUT2D eigenvalue weighted by molar-refractivity contribution is 5.05. The third-order valence-corrected chi connectivity index (χ3v) is 1.74. The van der Waals surface area contributed by atoms with Gasteiger partial charge in [-0.1, -0.05) is 38.3 Å². The lowest BCUT2D eigenvalue weighted by molar-refractivity contribution is 0.662. The zero-order valence-electron chi connectivity index (χ0n) is 7.53. The first-order chi connectivity index (χ1) is 5.31. The van der Waals surface area contributed by atoms with Crippen LogP contribution in [0.15, 0.2) is 12.2 Å². The summed E-state index contributed by atoms with van der Waals surface area (Å²) in [4.78, 5) is 0. The van der Waals surface area contributed by atoms with Crippen LogP contribution in [0.1, 0.15) is 45.4 Å². The summed E-state index contributed by atoms with van der Waals surface area (Å²) in [5.41, 5.74) is 1.21. The van der Waals surface area contributed by atoms with Crippen molar-refractivity contribution in [2.24, 2.45) is 0 Å². The highest BCUT2D eigenvalue weighted by atomic mass is 14.0. The number of rotatable bonds is 6. The molecular formula is C11H18. The third-order valence-electron chi connectivity index (χ3n) is 1.74. The molecule has 0 N–H and O–H groups in total. The van der Waals surface area contributed by atoms with Crippen LogP contribution < -0.4 is 0 Å². The SMILES string of the molecule is C#CCC(=C)CCCCCC. The topological polar surface area (TPSA) is 0 Å². The minimum atomic E-state index is 0.756. The van der Waals surface area contributed by atoms with Crippen molar-refractivity contribution in [1.29, 1.82) is 0 Å². The Hall–Kier alpha value is -0.700. The Bertz CT molecular complexity index is 137. The van der Waals surface area contributed by atoms with Crippen molar-refractivity contribution in [3.63, 3.8) is 0 Å². The molecule has 62 valence electrons. The van der Waals surface area contributed by atoms with Gasteiger partial charge in [0.05, 0.1) is 0 Å². The van der Waals surface area contributed by atoms with Gasteiger partial charge in [0, 0.05) is 6.42 Å². The Morgan fingerprint density at radius 1 is 1.36 bits per heavy atom. The van der Waals surface area contributed by atoms with Gasteiger partial charge in [-0.05, 0) is 12.8 Å². The van der Waals surface area contributed by atoms with E-state index < -0.39 is 0 Å². The molecule has 0 saturated heterocycles. The zero-order chi connectivity index (χ0) is 8.53. The Morgan fingerprint density at radius 2 is 2.09 bits per heavy atom. The van der Waals surface area contributed by atoms with Crippen molar-refractivity contribution < 1.29 is 0 Å². The van der Waals surface area contributed by atoms with Crippen molar-refractivity contribution in [2.45, 2.75) is 45.4 Å². The molecule has 0 saturated carbocycles. The van der Waals surface area contributed by atoms with Crippen molar-refractivity contribution in [3.8, 4) is 12.3 Å². The molecule has 11 heavy (non-hydrogen) atoms. The molecular weight excluding hydrogens is 132 g/mol. The second kappa shape index (κ2) is 7.41. The first-order valence-electron chi connectivity index (χ1n) is 4.41. The maximum absolute atomic E-state index is 5.15. The van der Waals surface area contributed by atoms with Gasteiger partial charge in [-0.25, -0.2) is 0 Å². The molecule has 0 aliphatic rings. The molecule has 0 aromatic rings. The Kier molecular flexibility index (Phi) is 6.94. The number of allylic oxidation sites excluding steroid dienone is 1. The van der Waals surface area contributed by atoms with Crippen LogP contribution in [0.25, 0.3) is 0 Å². The van der Waals surface area contributed by atoms with Gasteiger partial charge < -0.3 is 0 Å². The Balaban J connectivity index is 3.12. The first kappa shape index (κ1) is 10.3. The highest BCUT2D eigenvalue weighted by Crippen LogP contribution is 2.10. The summed E-state index contributed by atoms with van der Waals surface area (Å²) in [5, 5.41) is 0. The molecule has 0 atom stereocenters. The van der Waals surface area contributed by atoms with E-state index in [0.717, 1.165) is 12.8 Å². The van der Waals surface area contributed by atoms with E-state index in [9.17, 15) is 0 Å². The molecule has 0 amide bonds. The van der Waals surface area contributed by atoms with E-state index in [0.29, 0.717) is 0 Å². The Morgan fingerprint density at radius 3 is 2.64 bits per heavy atom. The van der Waals surface area contributed by atoms with Crippen molar-refractivity contribution in [2.75, 3.05) is 0 Å². The van der Waals surface area contributed by atoms with Gasteiger partial charge in [-0.2, -0.15) is 0 Å². The van der Waals surface area contributed by atoms with E-state index in [1.54, 1.807) is 0 Å². The average Bonchev–Trinajstić information content (AvgIpc) is 1.99. The molecule has 0 bridgehead atoms. The molecule has 0 aliphatic heterocycles. The summed E-state index contributed by atoms with van der Waals surface area (Å²) in [7, 11) is 0. The molecule has 0 heterocycles. The van der Waals surface area contributed by atoms with Crippen LogP contribution in [0.3, 0.4) is 0 Å². The lowest BCUT2D eigenvalue weighted by Gasteiger charge is -2.00. The van der Waals surface area contributed by atoms with E-state index in [4.69, 9.17) is 6.42 Å². The quantitative estimate of drug-likeness (QED) is 0.308. The van der Waals surface area contributed by atoms with Crippen LogP contribution in [0.2, 0.25) is 0 Å². The second-order valence-electron chi connectivity index (χ2n) is 2.94. The van der Waals surface area contributed by atoms with Crippen molar-refractivity contribution in [3.05, 3.63) is 12.2 Å². The molecule has 0 radical (unpaired) electrons. The van der Waals surface area contributed by atoms with Crippen LogP contribution in [0, 0.1) is 12.3 Å². The fraction of sp³-hybridized carbons (Fsp3) is 0.636. The number of hydrogen-bond donors (Lipinski definition) is 0. The molecule has 0 rings (SSSR count). The molecule has 0 aromatic carbocycles. The Labute approximate surface area is 70.7 Å². The van der Waals surface area contributed by atoms with Crippen molar-refractivity contribution in [1.82, 2.24) is 0 Å². The summed E-state index contributed by atoms with van der Waals surface area (Å²) in [6.07, 6.45) is 12.2. The van der Waals surface area contributed by atoms with E-state index in [1.165, 1.54) is 31.3 Å². The highest BCUT2D eigenvalue weighted by Gasteiger charge is 1.91. The van der Waals surface area contributed by atoms with Gasteiger partial charge in [-0.3, -0.25) is 0 Å². The van der Waals surface area contributed by atoms with Crippen molar-refractivity contribution >= 4 is 0 Å². The van der Waals surface area contributed by atoms with E-state index in [-0.39, 0.29) is 0 Å². The molecule has 0 unspecified atom stereocenters. The molecule has 0 fully saturated rings. The van der Waals surface area contributed by atoms with Crippen LogP contribution in [-0.4, -0.2) is 0 Å². The van der Waals surface area contributed by atoms with E-state index >= 15 is 0 Å². The van der Waals surface area contributed by atoms with Gasteiger partial charge in [0.1, 0.15) is 0 Å². The predicted molar refractivity (Wildman–Crippen MR) is 51.3 cm³/mol. The van der Waals surface area contributed by atoms with Gasteiger partial charge in [0.15, 0.2) is 0 Å². The maximum Gasteiger partial charge on any atom is 0.0293 e. The van der Waals surface area contributed by atoms with Gasteiger partial charge in [0.25, 0.3) is 0 Å². The summed E-state index contributed by atoms with van der Waals surface area (Å²) < 4.78 is 0. The lowest BCUT2D eigenvalue weighted by Crippen LogP contribution is -1.81. The van der Waals surface area contributed by atoms with Gasteiger partial charge in [0.2, 0.25) is 0 Å². The van der Waals surface area contributed by atoms with Crippen LogP contribution in [0.5, 0.6) is 0 Å². The number of hydrogen-bond acceptors (Lipinski definition) is 0. The second-order valence-corrected chi connectivity index (χ2v) is 2.94. The van der Waals surface area contributed by atoms with Gasteiger partial charge in [-0.15, -0.1) is 12.3 Å². The van der Waals surface area contributed by atoms with Crippen LogP contribution >= 0.6 is 0 Å². The van der Waals surface area contributed by atoms with Crippen LogP contribution in [-0.2, 0) is 0 Å².